The number of nitrogens with one attached hydrogen (secondary N) is 1. The number of fused-ring (bicyclic) bond motifs is 1. The van der Waals surface area contributed by atoms with Gasteiger partial charge in [-0.2, -0.15) is 8.78 Å². The normalized spacial score (nSPS) is 19.9. The minimum atomic E-state index is -4.43. The molecule has 10 heteroatoms. The van der Waals surface area contributed by atoms with Crippen molar-refractivity contribution in [1.82, 2.24) is 9.80 Å². The maximum atomic E-state index is 13.9. The van der Waals surface area contributed by atoms with Crippen LogP contribution >= 0.6 is 0 Å². The monoisotopic (exact) mass is 451 g/mol. The van der Waals surface area contributed by atoms with Gasteiger partial charge in [0.2, 0.25) is 0 Å². The van der Waals surface area contributed by atoms with Crippen LogP contribution < -0.4 is 10.1 Å². The van der Waals surface area contributed by atoms with Crippen LogP contribution in [0, 0.1) is 0 Å². The lowest BCUT2D eigenvalue weighted by Gasteiger charge is -2.34. The van der Waals surface area contributed by atoms with Crippen LogP contribution in [-0.2, 0) is 10.8 Å². The Hall–Kier alpha value is -3.11. The summed E-state index contributed by atoms with van der Waals surface area (Å²) >= 11 is 0. The van der Waals surface area contributed by atoms with Gasteiger partial charge < -0.3 is 15.0 Å². The van der Waals surface area contributed by atoms with Crippen molar-refractivity contribution < 1.29 is 31.8 Å². The molecule has 2 heterocycles. The van der Waals surface area contributed by atoms with Crippen LogP contribution in [-0.4, -0.2) is 54.8 Å². The van der Waals surface area contributed by atoms with E-state index in [0.29, 0.717) is 26.2 Å². The number of ether oxygens (including phenoxy) is 2. The Kier molecular flexibility index (Phi) is 6.07. The van der Waals surface area contributed by atoms with E-state index in [1.54, 1.807) is 4.90 Å². The lowest BCUT2D eigenvalue weighted by molar-refractivity contribution is -0.461. The number of alkyl halides is 4. The first-order valence-corrected chi connectivity index (χ1v) is 10.0. The number of halogens is 4. The molecule has 0 saturated carbocycles. The Morgan fingerprint density at radius 2 is 1.75 bits per heavy atom. The molecule has 0 bridgehead atoms. The zero-order valence-corrected chi connectivity index (χ0v) is 16.9. The topological polar surface area (TPSA) is 54.0 Å². The number of piperazine rings is 1. The minimum Gasteiger partial charge on any atom is -0.409 e. The fourth-order valence-corrected chi connectivity index (χ4v) is 3.52. The van der Waals surface area contributed by atoms with Gasteiger partial charge in [0.1, 0.15) is 5.75 Å². The third-order valence-electron chi connectivity index (χ3n) is 5.15. The number of hydrogen-bond donors (Lipinski definition) is 1. The van der Waals surface area contributed by atoms with Gasteiger partial charge in [0, 0.05) is 38.4 Å². The summed E-state index contributed by atoms with van der Waals surface area (Å²) in [5, 5.41) is 2.52. The Morgan fingerprint density at radius 1 is 1.03 bits per heavy atom. The van der Waals surface area contributed by atoms with Crippen LogP contribution in [0.1, 0.15) is 11.1 Å². The van der Waals surface area contributed by atoms with Crippen molar-refractivity contribution in [3.05, 3.63) is 65.7 Å². The van der Waals surface area contributed by atoms with Gasteiger partial charge in [-0.25, -0.2) is 9.53 Å². The molecule has 0 aromatic heterocycles. The summed E-state index contributed by atoms with van der Waals surface area (Å²) in [7, 11) is 0. The molecule has 1 fully saturated rings. The Bertz CT molecular complexity index is 993. The Balaban J connectivity index is 1.30. The summed E-state index contributed by atoms with van der Waals surface area (Å²) in [5.74, 6) is -0.707. The van der Waals surface area contributed by atoms with Gasteiger partial charge in [0.25, 0.3) is 0 Å². The summed E-state index contributed by atoms with van der Waals surface area (Å²) in [6.07, 6.45) is -4.59. The first-order chi connectivity index (χ1) is 15.2. The first-order valence-electron chi connectivity index (χ1n) is 10.0. The van der Waals surface area contributed by atoms with Crippen molar-refractivity contribution in [3.8, 4) is 5.75 Å². The largest absolute Gasteiger partial charge is 0.540 e. The molecule has 2 aliphatic heterocycles. The van der Waals surface area contributed by atoms with E-state index in [0.717, 1.165) is 24.2 Å². The Labute approximate surface area is 182 Å². The fraction of sp³-hybridized carbons (Fsp3) is 0.318. The van der Waals surface area contributed by atoms with Gasteiger partial charge >= 0.3 is 18.4 Å². The maximum absolute atomic E-state index is 13.9. The lowest BCUT2D eigenvalue weighted by Crippen LogP contribution is -2.50. The molecule has 2 amide bonds. The van der Waals surface area contributed by atoms with Crippen molar-refractivity contribution in [3.63, 3.8) is 0 Å². The molecule has 1 saturated heterocycles. The van der Waals surface area contributed by atoms with Crippen LogP contribution in [0.2, 0.25) is 0 Å². The number of nitrogens with zero attached hydrogens (tertiary/aromatic N) is 2. The molecule has 2 aliphatic rings. The van der Waals surface area contributed by atoms with Crippen LogP contribution in [0.5, 0.6) is 5.75 Å². The summed E-state index contributed by atoms with van der Waals surface area (Å²) < 4.78 is 61.6. The van der Waals surface area contributed by atoms with Crippen molar-refractivity contribution in [1.29, 1.82) is 0 Å². The number of anilines is 1. The third-order valence-corrected chi connectivity index (χ3v) is 5.15. The number of hydrogen-bond acceptors (Lipinski definition) is 4. The SMILES string of the molecule is O=C(Nc1ccc2c(c1)C(F)(F)OC(F)(F)O2)N1CCN(CC=Cc2ccccc2)CC1. The molecule has 2 aromatic rings. The highest BCUT2D eigenvalue weighted by atomic mass is 19.3. The second kappa shape index (κ2) is 8.79. The van der Waals surface area contributed by atoms with E-state index in [1.807, 2.05) is 36.4 Å². The average Bonchev–Trinajstić information content (AvgIpc) is 2.74. The number of benzene rings is 2. The molecule has 32 heavy (non-hydrogen) atoms. The van der Waals surface area contributed by atoms with Crippen molar-refractivity contribution >= 4 is 17.8 Å². The standard InChI is InChI=1S/C22H21F4N3O3/c23-21(24)18-15-17(8-9-19(18)31-22(25,26)32-21)27-20(30)29-13-11-28(12-14-29)10-4-7-16-5-2-1-3-6-16/h1-9,15H,10-14H2,(H,27,30). The number of amides is 2. The van der Waals surface area contributed by atoms with E-state index in [1.165, 1.54) is 6.07 Å². The van der Waals surface area contributed by atoms with Gasteiger partial charge in [0.05, 0.1) is 5.56 Å². The number of urea groups is 1. The molecule has 6 nitrogen and oxygen atoms in total. The highest BCUT2D eigenvalue weighted by molar-refractivity contribution is 5.89. The number of carbonyl (C=O) groups is 1. The molecule has 0 radical (unpaired) electrons. The number of rotatable bonds is 4. The minimum absolute atomic E-state index is 0.0269. The summed E-state index contributed by atoms with van der Waals surface area (Å²) in [5.41, 5.74) is 0.260. The smallest absolute Gasteiger partial charge is 0.409 e. The van der Waals surface area contributed by atoms with Gasteiger partial charge in [-0.05, 0) is 23.8 Å². The van der Waals surface area contributed by atoms with Gasteiger partial charge in [-0.3, -0.25) is 4.90 Å². The third kappa shape index (κ3) is 5.20. The molecule has 0 atom stereocenters. The molecular weight excluding hydrogens is 430 g/mol. The molecule has 0 aliphatic carbocycles. The molecule has 0 spiro atoms. The zero-order valence-electron chi connectivity index (χ0n) is 16.9. The van der Waals surface area contributed by atoms with Crippen LogP contribution in [0.3, 0.4) is 0 Å². The van der Waals surface area contributed by atoms with E-state index in [9.17, 15) is 22.4 Å². The quantitative estimate of drug-likeness (QED) is 0.693. The number of carbonyl (C=O) groups excluding carboxylic acids is 1. The highest BCUT2D eigenvalue weighted by Gasteiger charge is 2.54. The molecule has 4 rings (SSSR count). The van der Waals surface area contributed by atoms with Crippen molar-refractivity contribution in [2.45, 2.75) is 12.4 Å². The Morgan fingerprint density at radius 3 is 2.47 bits per heavy atom. The summed E-state index contributed by atoms with van der Waals surface area (Å²) in [6.45, 7) is 2.99. The zero-order chi connectivity index (χ0) is 22.8. The predicted molar refractivity (Wildman–Crippen MR) is 110 cm³/mol. The van der Waals surface area contributed by atoms with E-state index in [2.05, 4.69) is 25.8 Å². The second-order valence-electron chi connectivity index (χ2n) is 7.43. The van der Waals surface area contributed by atoms with E-state index < -0.39 is 29.7 Å². The second-order valence-corrected chi connectivity index (χ2v) is 7.43. The molecular formula is C22H21F4N3O3. The summed E-state index contributed by atoms with van der Waals surface area (Å²) in [6, 6.07) is 12.5. The molecule has 2 aromatic carbocycles. The van der Waals surface area contributed by atoms with Gasteiger partial charge in [0.15, 0.2) is 0 Å². The predicted octanol–water partition coefficient (Wildman–Crippen LogP) is 4.56. The molecule has 0 unspecified atom stereocenters. The van der Waals surface area contributed by atoms with E-state index in [4.69, 9.17) is 0 Å². The van der Waals surface area contributed by atoms with Crippen LogP contribution in [0.25, 0.3) is 6.08 Å². The average molecular weight is 451 g/mol. The van der Waals surface area contributed by atoms with E-state index >= 15 is 0 Å². The first kappa shape index (κ1) is 22.1. The lowest BCUT2D eigenvalue weighted by atomic mass is 10.1. The van der Waals surface area contributed by atoms with Gasteiger partial charge in [-0.1, -0.05) is 42.5 Å². The van der Waals surface area contributed by atoms with Crippen LogP contribution in [0.4, 0.5) is 28.0 Å². The molecule has 170 valence electrons. The maximum Gasteiger partial charge on any atom is 0.540 e. The van der Waals surface area contributed by atoms with Crippen molar-refractivity contribution in [2.24, 2.45) is 0 Å². The van der Waals surface area contributed by atoms with E-state index in [-0.39, 0.29) is 5.69 Å². The molecule has 1 N–H and O–H groups in total. The summed E-state index contributed by atoms with van der Waals surface area (Å²) in [4.78, 5) is 16.3. The fourth-order valence-electron chi connectivity index (χ4n) is 3.52. The van der Waals surface area contributed by atoms with Crippen LogP contribution in [0.15, 0.2) is 54.6 Å². The highest BCUT2D eigenvalue weighted by Crippen LogP contribution is 2.46. The van der Waals surface area contributed by atoms with Gasteiger partial charge in [-0.15, -0.1) is 8.78 Å². The van der Waals surface area contributed by atoms with Crippen molar-refractivity contribution in [2.75, 3.05) is 38.0 Å².